The first kappa shape index (κ1) is 25.2. The van der Waals surface area contributed by atoms with Crippen LogP contribution in [0.3, 0.4) is 0 Å². The molecule has 2 amide bonds. The molecule has 4 aromatic rings. The van der Waals surface area contributed by atoms with Crippen LogP contribution >= 0.6 is 0 Å². The fraction of sp³-hybridized carbons (Fsp3) is 0.371. The van der Waals surface area contributed by atoms with Crippen molar-refractivity contribution in [2.45, 2.75) is 55.9 Å². The molecule has 2 aromatic carbocycles. The van der Waals surface area contributed by atoms with E-state index >= 15 is 0 Å². The van der Waals surface area contributed by atoms with Crippen LogP contribution in [0.4, 0.5) is 17.2 Å². The molecular weight excluding hydrogens is 536 g/mol. The van der Waals surface area contributed by atoms with E-state index in [-0.39, 0.29) is 17.2 Å². The average Bonchev–Trinajstić information content (AvgIpc) is 3.77. The third-order valence-corrected chi connectivity index (χ3v) is 10.7. The monoisotopic (exact) mass is 570 g/mol. The summed E-state index contributed by atoms with van der Waals surface area (Å²) < 4.78 is 0. The molecule has 8 heteroatoms. The van der Waals surface area contributed by atoms with Crippen molar-refractivity contribution >= 4 is 39.9 Å². The van der Waals surface area contributed by atoms with Gasteiger partial charge in [0.1, 0.15) is 5.82 Å². The van der Waals surface area contributed by atoms with Crippen molar-refractivity contribution in [2.75, 3.05) is 41.7 Å². The topological polar surface area (TPSA) is 90.5 Å². The highest BCUT2D eigenvalue weighted by Crippen LogP contribution is 2.52. The Kier molecular flexibility index (Phi) is 5.34. The number of nitrogens with zero attached hydrogens (tertiary/aromatic N) is 4. The van der Waals surface area contributed by atoms with Crippen LogP contribution in [0, 0.1) is 0 Å². The minimum Gasteiger partial charge on any atom is -0.364 e. The number of nitrogens with one attached hydrogen (secondary N) is 2. The quantitative estimate of drug-likeness (QED) is 0.362. The number of carbonyl (C=O) groups is 2. The van der Waals surface area contributed by atoms with Gasteiger partial charge in [0.05, 0.1) is 23.2 Å². The number of aromatic nitrogens is 2. The van der Waals surface area contributed by atoms with Crippen molar-refractivity contribution in [1.82, 2.24) is 14.9 Å². The number of likely N-dealkylation sites (tertiary alicyclic amines) is 1. The number of hydrogen-bond donors (Lipinski definition) is 2. The van der Waals surface area contributed by atoms with Crippen molar-refractivity contribution in [3.05, 3.63) is 88.7 Å². The second-order valence-electron chi connectivity index (χ2n) is 13.3. The number of amides is 2. The molecule has 9 rings (SSSR count). The molecule has 0 radical (unpaired) electrons. The van der Waals surface area contributed by atoms with Gasteiger partial charge in [-0.05, 0) is 99.3 Å². The van der Waals surface area contributed by atoms with E-state index in [9.17, 15) is 9.59 Å². The van der Waals surface area contributed by atoms with Gasteiger partial charge in [-0.2, -0.15) is 0 Å². The summed E-state index contributed by atoms with van der Waals surface area (Å²) in [6.07, 6.45) is 7.16. The van der Waals surface area contributed by atoms with Crippen molar-refractivity contribution < 1.29 is 9.59 Å². The highest BCUT2D eigenvalue weighted by Gasteiger charge is 2.51. The smallest absolute Gasteiger partial charge is 0.237 e. The lowest BCUT2D eigenvalue weighted by Gasteiger charge is -2.36. The molecule has 0 saturated carbocycles. The highest BCUT2D eigenvalue weighted by atomic mass is 16.2. The van der Waals surface area contributed by atoms with Crippen LogP contribution in [0.15, 0.2) is 60.8 Å². The first-order valence-corrected chi connectivity index (χ1v) is 15.6. The molecule has 1 aliphatic carbocycles. The third-order valence-electron chi connectivity index (χ3n) is 10.7. The maximum atomic E-state index is 13.2. The summed E-state index contributed by atoms with van der Waals surface area (Å²) in [6, 6.07) is 19.0. The fourth-order valence-corrected chi connectivity index (χ4v) is 8.67. The van der Waals surface area contributed by atoms with Gasteiger partial charge in [-0.25, -0.2) is 4.98 Å². The van der Waals surface area contributed by atoms with Gasteiger partial charge < -0.3 is 20.4 Å². The van der Waals surface area contributed by atoms with Gasteiger partial charge in [0.25, 0.3) is 0 Å². The van der Waals surface area contributed by atoms with Gasteiger partial charge >= 0.3 is 0 Å². The predicted molar refractivity (Wildman–Crippen MR) is 166 cm³/mol. The Bertz CT molecular complexity index is 1850. The maximum absolute atomic E-state index is 13.2. The molecule has 2 unspecified atom stereocenters. The number of anilines is 3. The van der Waals surface area contributed by atoms with Gasteiger partial charge in [0.2, 0.25) is 11.8 Å². The Morgan fingerprint density at radius 3 is 2.65 bits per heavy atom. The second-order valence-corrected chi connectivity index (χ2v) is 13.3. The Hall–Kier alpha value is -4.30. The Morgan fingerprint density at radius 2 is 1.77 bits per heavy atom. The largest absolute Gasteiger partial charge is 0.364 e. The van der Waals surface area contributed by atoms with Crippen LogP contribution in [-0.4, -0.2) is 52.9 Å². The van der Waals surface area contributed by atoms with Crippen molar-refractivity contribution in [1.29, 1.82) is 0 Å². The summed E-state index contributed by atoms with van der Waals surface area (Å²) >= 11 is 0. The van der Waals surface area contributed by atoms with E-state index < -0.39 is 5.41 Å². The van der Waals surface area contributed by atoms with Gasteiger partial charge in [0.15, 0.2) is 0 Å². The van der Waals surface area contributed by atoms with Crippen molar-refractivity contribution in [3.63, 3.8) is 0 Å². The lowest BCUT2D eigenvalue weighted by molar-refractivity contribution is -0.120. The highest BCUT2D eigenvalue weighted by molar-refractivity contribution is 6.06. The van der Waals surface area contributed by atoms with Crippen LogP contribution in [0.1, 0.15) is 53.6 Å². The number of carbonyl (C=O) groups excluding carboxylic acids is 2. The molecule has 216 valence electrons. The third kappa shape index (κ3) is 3.78. The zero-order valence-electron chi connectivity index (χ0n) is 24.2. The van der Waals surface area contributed by atoms with E-state index in [1.807, 2.05) is 12.1 Å². The number of hydrogen-bond acceptors (Lipinski definition) is 6. The fourth-order valence-electron chi connectivity index (χ4n) is 8.67. The zero-order chi connectivity index (χ0) is 28.8. The molecule has 1 fully saturated rings. The van der Waals surface area contributed by atoms with Crippen LogP contribution in [0.2, 0.25) is 0 Å². The molecular formula is C35H34N6O2. The maximum Gasteiger partial charge on any atom is 0.237 e. The van der Waals surface area contributed by atoms with E-state index in [1.54, 1.807) is 6.20 Å². The summed E-state index contributed by atoms with van der Waals surface area (Å²) in [4.78, 5) is 40.7. The molecule has 0 bridgehead atoms. The van der Waals surface area contributed by atoms with Crippen molar-refractivity contribution in [3.8, 4) is 0 Å². The number of benzene rings is 2. The lowest BCUT2D eigenvalue weighted by Crippen LogP contribution is -2.42. The Balaban J connectivity index is 1.02. The molecule has 2 atom stereocenters. The molecule has 4 aliphatic heterocycles. The average molecular weight is 571 g/mol. The van der Waals surface area contributed by atoms with Gasteiger partial charge in [-0.3, -0.25) is 14.6 Å². The van der Waals surface area contributed by atoms with E-state index in [0.717, 1.165) is 47.4 Å². The summed E-state index contributed by atoms with van der Waals surface area (Å²) in [5.41, 5.74) is 8.13. The predicted octanol–water partition coefficient (Wildman–Crippen LogP) is 4.70. The molecule has 1 saturated heterocycles. The van der Waals surface area contributed by atoms with Crippen LogP contribution in [0.5, 0.6) is 0 Å². The summed E-state index contributed by atoms with van der Waals surface area (Å²) in [5, 5.41) is 7.27. The zero-order valence-corrected chi connectivity index (χ0v) is 24.2. The van der Waals surface area contributed by atoms with E-state index in [1.165, 1.54) is 48.3 Å². The number of pyridine rings is 2. The van der Waals surface area contributed by atoms with Crippen LogP contribution in [0.25, 0.3) is 10.9 Å². The molecule has 6 heterocycles. The Labute approximate surface area is 250 Å². The molecule has 43 heavy (non-hydrogen) atoms. The molecule has 1 spiro atoms. The number of fused-ring (bicyclic) bond motifs is 4. The Morgan fingerprint density at radius 1 is 0.907 bits per heavy atom. The van der Waals surface area contributed by atoms with Crippen LogP contribution in [-0.2, 0) is 39.8 Å². The molecule has 2 N–H and O–H groups in total. The van der Waals surface area contributed by atoms with Gasteiger partial charge in [0, 0.05) is 52.5 Å². The summed E-state index contributed by atoms with van der Waals surface area (Å²) in [5.74, 6) is 0.857. The minimum absolute atomic E-state index is 0.0423. The first-order valence-electron chi connectivity index (χ1n) is 15.6. The normalized spacial score (nSPS) is 25.3. The number of rotatable bonds is 5. The van der Waals surface area contributed by atoms with Gasteiger partial charge in [-0.15, -0.1) is 0 Å². The summed E-state index contributed by atoms with van der Waals surface area (Å²) in [7, 11) is 0. The minimum atomic E-state index is -0.584. The van der Waals surface area contributed by atoms with Gasteiger partial charge in [-0.1, -0.05) is 18.2 Å². The summed E-state index contributed by atoms with van der Waals surface area (Å²) in [6.45, 7) is 4.89. The standard InChI is InChI=1S/C35H34N6O2/c42-30-19-34(10-14-40-12-1-2-13-40)21-41(29-7-3-6-27(38-30)31(29)34)20-25-9-8-22-15-23-17-35(18-24(23)16-28(22)37-25)26-5-4-11-36-32(26)39-33(35)43/h3-9,11,15-16H,1-2,10,12-14,17-21H2,(H,38,42)(H,36,39,43). The van der Waals surface area contributed by atoms with E-state index in [0.29, 0.717) is 31.6 Å². The second kappa shape index (κ2) is 9.10. The lowest BCUT2D eigenvalue weighted by atomic mass is 9.73. The molecule has 5 aliphatic rings. The SMILES string of the molecule is O=C1CC2(CCN3CCCC3)CN(Cc3ccc4cc5c(cc4n3)CC3(C5)C(=O)Nc4ncccc43)c3cccc(c32)N1. The van der Waals surface area contributed by atoms with E-state index in [4.69, 9.17) is 4.98 Å². The first-order chi connectivity index (χ1) is 21.0. The molecule has 2 aromatic heterocycles. The van der Waals surface area contributed by atoms with E-state index in [2.05, 4.69) is 67.9 Å². The molecule has 8 nitrogen and oxygen atoms in total. The van der Waals surface area contributed by atoms with Crippen molar-refractivity contribution in [2.24, 2.45) is 0 Å². The van der Waals surface area contributed by atoms with Crippen LogP contribution < -0.4 is 15.5 Å².